The summed E-state index contributed by atoms with van der Waals surface area (Å²) in [6.45, 7) is 3.07. The van der Waals surface area contributed by atoms with Crippen molar-refractivity contribution in [1.29, 1.82) is 0 Å². The Morgan fingerprint density at radius 3 is 2.36 bits per heavy atom. The lowest BCUT2D eigenvalue weighted by Crippen LogP contribution is -2.40. The predicted octanol–water partition coefficient (Wildman–Crippen LogP) is 2.74. The minimum absolute atomic E-state index is 0.0536. The molecular weight excluding hydrogens is 278 g/mol. The molecule has 0 unspecified atom stereocenters. The van der Waals surface area contributed by atoms with Gasteiger partial charge in [-0.15, -0.1) is 0 Å². The fraction of sp³-hybridized carbons (Fsp3) is 0.278. The van der Waals surface area contributed by atoms with Crippen LogP contribution < -0.4 is 4.74 Å². The molecule has 1 aliphatic rings. The number of rotatable bonds is 4. The zero-order chi connectivity index (χ0) is 15.2. The minimum Gasteiger partial charge on any atom is -0.489 e. The minimum atomic E-state index is 0.0536. The highest BCUT2D eigenvalue weighted by atomic mass is 16.5. The number of amides is 1. The van der Waals surface area contributed by atoms with Crippen LogP contribution in [0.3, 0.4) is 0 Å². The van der Waals surface area contributed by atoms with Gasteiger partial charge in [-0.1, -0.05) is 30.3 Å². The van der Waals surface area contributed by atoms with Crippen molar-refractivity contribution >= 4 is 5.91 Å². The van der Waals surface area contributed by atoms with Crippen LogP contribution in [-0.4, -0.2) is 37.1 Å². The van der Waals surface area contributed by atoms with Crippen LogP contribution in [0.2, 0.25) is 0 Å². The van der Waals surface area contributed by atoms with E-state index in [9.17, 15) is 4.79 Å². The first-order valence-corrected chi connectivity index (χ1v) is 7.47. The zero-order valence-electron chi connectivity index (χ0n) is 12.4. The molecule has 114 valence electrons. The van der Waals surface area contributed by atoms with Crippen LogP contribution in [0, 0.1) is 0 Å². The van der Waals surface area contributed by atoms with E-state index in [1.54, 1.807) is 0 Å². The van der Waals surface area contributed by atoms with E-state index < -0.39 is 0 Å². The van der Waals surface area contributed by atoms with Crippen LogP contribution in [0.15, 0.2) is 54.6 Å². The first-order chi connectivity index (χ1) is 10.8. The molecule has 4 heteroatoms. The summed E-state index contributed by atoms with van der Waals surface area (Å²) in [6, 6.07) is 17.3. The Kier molecular flexibility index (Phi) is 4.71. The molecule has 0 radical (unpaired) electrons. The van der Waals surface area contributed by atoms with Crippen molar-refractivity contribution in [3.05, 3.63) is 65.7 Å². The van der Waals surface area contributed by atoms with Crippen molar-refractivity contribution in [3.63, 3.8) is 0 Å². The number of benzene rings is 2. The molecule has 0 atom stereocenters. The number of nitrogens with zero attached hydrogens (tertiary/aromatic N) is 1. The summed E-state index contributed by atoms with van der Waals surface area (Å²) >= 11 is 0. The van der Waals surface area contributed by atoms with Crippen LogP contribution in [0.1, 0.15) is 15.9 Å². The molecule has 0 aromatic heterocycles. The van der Waals surface area contributed by atoms with E-state index in [1.807, 2.05) is 59.5 Å². The highest BCUT2D eigenvalue weighted by molar-refractivity contribution is 5.94. The Labute approximate surface area is 130 Å². The quantitative estimate of drug-likeness (QED) is 0.871. The maximum absolute atomic E-state index is 12.3. The largest absolute Gasteiger partial charge is 0.489 e. The van der Waals surface area contributed by atoms with Crippen LogP contribution >= 0.6 is 0 Å². The SMILES string of the molecule is O=C(c1ccc(OCc2ccccc2)cc1)N1CCOCC1. The van der Waals surface area contributed by atoms with Gasteiger partial charge in [0.15, 0.2) is 0 Å². The van der Waals surface area contributed by atoms with Gasteiger partial charge in [-0.3, -0.25) is 4.79 Å². The van der Waals surface area contributed by atoms with Crippen LogP contribution in [0.5, 0.6) is 5.75 Å². The van der Waals surface area contributed by atoms with E-state index in [0.29, 0.717) is 38.5 Å². The van der Waals surface area contributed by atoms with Gasteiger partial charge < -0.3 is 14.4 Å². The van der Waals surface area contributed by atoms with E-state index >= 15 is 0 Å². The lowest BCUT2D eigenvalue weighted by atomic mass is 10.2. The lowest BCUT2D eigenvalue weighted by molar-refractivity contribution is 0.0303. The summed E-state index contributed by atoms with van der Waals surface area (Å²) < 4.78 is 11.0. The van der Waals surface area contributed by atoms with E-state index in [4.69, 9.17) is 9.47 Å². The fourth-order valence-electron chi connectivity index (χ4n) is 2.38. The summed E-state index contributed by atoms with van der Waals surface area (Å²) in [4.78, 5) is 14.1. The zero-order valence-corrected chi connectivity index (χ0v) is 12.4. The van der Waals surface area contributed by atoms with Crippen LogP contribution in [0.4, 0.5) is 0 Å². The van der Waals surface area contributed by atoms with Gasteiger partial charge in [-0.2, -0.15) is 0 Å². The number of hydrogen-bond acceptors (Lipinski definition) is 3. The van der Waals surface area contributed by atoms with Crippen molar-refractivity contribution in [1.82, 2.24) is 4.90 Å². The molecule has 0 saturated carbocycles. The standard InChI is InChI=1S/C18H19NO3/c20-18(19-10-12-21-13-11-19)16-6-8-17(9-7-16)22-14-15-4-2-1-3-5-15/h1-9H,10-14H2. The van der Waals surface area contributed by atoms with Gasteiger partial charge in [0.2, 0.25) is 0 Å². The van der Waals surface area contributed by atoms with Crippen molar-refractivity contribution < 1.29 is 14.3 Å². The highest BCUT2D eigenvalue weighted by Gasteiger charge is 2.18. The van der Waals surface area contributed by atoms with Crippen LogP contribution in [0.25, 0.3) is 0 Å². The van der Waals surface area contributed by atoms with E-state index in [-0.39, 0.29) is 5.91 Å². The van der Waals surface area contributed by atoms with Gasteiger partial charge in [-0.25, -0.2) is 0 Å². The smallest absolute Gasteiger partial charge is 0.254 e. The molecule has 1 aliphatic heterocycles. The monoisotopic (exact) mass is 297 g/mol. The first-order valence-electron chi connectivity index (χ1n) is 7.47. The summed E-state index contributed by atoms with van der Waals surface area (Å²) in [6.07, 6.45) is 0. The van der Waals surface area contributed by atoms with Gasteiger partial charge in [0.05, 0.1) is 13.2 Å². The topological polar surface area (TPSA) is 38.8 Å². The second-order valence-corrected chi connectivity index (χ2v) is 5.20. The Hall–Kier alpha value is -2.33. The van der Waals surface area contributed by atoms with Gasteiger partial charge in [-0.05, 0) is 29.8 Å². The van der Waals surface area contributed by atoms with Crippen molar-refractivity contribution in [2.45, 2.75) is 6.61 Å². The van der Waals surface area contributed by atoms with E-state index in [0.717, 1.165) is 11.3 Å². The number of carbonyl (C=O) groups is 1. The second kappa shape index (κ2) is 7.09. The van der Waals surface area contributed by atoms with Gasteiger partial charge in [0.25, 0.3) is 5.91 Å². The number of carbonyl (C=O) groups excluding carboxylic acids is 1. The molecule has 0 spiro atoms. The Balaban J connectivity index is 1.59. The third kappa shape index (κ3) is 3.65. The number of hydrogen-bond donors (Lipinski definition) is 0. The molecule has 0 bridgehead atoms. The lowest BCUT2D eigenvalue weighted by Gasteiger charge is -2.26. The molecule has 1 amide bonds. The summed E-state index contributed by atoms with van der Waals surface area (Å²) in [5, 5.41) is 0. The Morgan fingerprint density at radius 1 is 1.00 bits per heavy atom. The molecule has 1 fully saturated rings. The molecule has 0 N–H and O–H groups in total. The van der Waals surface area contributed by atoms with Gasteiger partial charge in [0, 0.05) is 18.7 Å². The van der Waals surface area contributed by atoms with Gasteiger partial charge in [0.1, 0.15) is 12.4 Å². The van der Waals surface area contributed by atoms with Gasteiger partial charge >= 0.3 is 0 Å². The third-order valence-corrected chi connectivity index (χ3v) is 3.65. The fourth-order valence-corrected chi connectivity index (χ4v) is 2.38. The highest BCUT2D eigenvalue weighted by Crippen LogP contribution is 2.16. The summed E-state index contributed by atoms with van der Waals surface area (Å²) in [5.74, 6) is 0.820. The molecule has 1 saturated heterocycles. The summed E-state index contributed by atoms with van der Waals surface area (Å²) in [7, 11) is 0. The molecule has 0 aliphatic carbocycles. The molecule has 22 heavy (non-hydrogen) atoms. The number of ether oxygens (including phenoxy) is 2. The second-order valence-electron chi connectivity index (χ2n) is 5.20. The molecule has 2 aromatic rings. The van der Waals surface area contributed by atoms with E-state index in [1.165, 1.54) is 0 Å². The van der Waals surface area contributed by atoms with Crippen molar-refractivity contribution in [3.8, 4) is 5.75 Å². The molecule has 1 heterocycles. The molecule has 4 nitrogen and oxygen atoms in total. The molecule has 3 rings (SSSR count). The Morgan fingerprint density at radius 2 is 1.68 bits per heavy atom. The maximum Gasteiger partial charge on any atom is 0.254 e. The molecule has 2 aromatic carbocycles. The Bertz CT molecular complexity index is 604. The summed E-state index contributed by atoms with van der Waals surface area (Å²) in [5.41, 5.74) is 1.81. The van der Waals surface area contributed by atoms with Crippen molar-refractivity contribution in [2.75, 3.05) is 26.3 Å². The predicted molar refractivity (Wildman–Crippen MR) is 83.9 cm³/mol. The first kappa shape index (κ1) is 14.6. The maximum atomic E-state index is 12.3. The van der Waals surface area contributed by atoms with E-state index in [2.05, 4.69) is 0 Å². The van der Waals surface area contributed by atoms with Crippen molar-refractivity contribution in [2.24, 2.45) is 0 Å². The third-order valence-electron chi connectivity index (χ3n) is 3.65. The van der Waals surface area contributed by atoms with Crippen LogP contribution in [-0.2, 0) is 11.3 Å². The molecular formula is C18H19NO3. The average Bonchev–Trinajstić information content (AvgIpc) is 2.61. The number of morpholine rings is 1. The average molecular weight is 297 g/mol. The normalized spacial score (nSPS) is 14.6.